The van der Waals surface area contributed by atoms with Crippen molar-refractivity contribution in [3.05, 3.63) is 35.4 Å². The zero-order valence-electron chi connectivity index (χ0n) is 18.6. The van der Waals surface area contributed by atoms with Crippen LogP contribution in [0.2, 0.25) is 0 Å². The molecular formula is C22H35F3N6. The van der Waals surface area contributed by atoms with Gasteiger partial charge in [0.25, 0.3) is 0 Å². The highest BCUT2D eigenvalue weighted by molar-refractivity contribution is 5.80. The molecule has 1 aromatic carbocycles. The fourth-order valence-electron chi connectivity index (χ4n) is 4.21. The average molecular weight is 441 g/mol. The first kappa shape index (κ1) is 23.8. The first-order valence-corrected chi connectivity index (χ1v) is 11.1. The Kier molecular flexibility index (Phi) is 8.57. The molecule has 0 spiro atoms. The summed E-state index contributed by atoms with van der Waals surface area (Å²) >= 11 is 0. The molecule has 9 heteroatoms. The Bertz CT molecular complexity index is 698. The summed E-state index contributed by atoms with van der Waals surface area (Å²) < 4.78 is 37.7. The van der Waals surface area contributed by atoms with Crippen LogP contribution in [-0.2, 0) is 13.1 Å². The van der Waals surface area contributed by atoms with Crippen LogP contribution in [-0.4, -0.2) is 92.3 Å². The van der Waals surface area contributed by atoms with Crippen molar-refractivity contribution in [3.63, 3.8) is 0 Å². The van der Waals surface area contributed by atoms with Crippen LogP contribution in [0.4, 0.5) is 13.2 Å². The van der Waals surface area contributed by atoms with Gasteiger partial charge in [0.05, 0.1) is 6.54 Å². The third-order valence-electron chi connectivity index (χ3n) is 6.04. The number of guanidine groups is 1. The molecular weight excluding hydrogens is 405 g/mol. The standard InChI is InChI=1S/C22H35F3N6/c1-3-29-10-12-30(13-11-29)15-19-6-4-18(5-7-19)14-27-21(26-2)28-20-8-9-31(16-20)17-22(23,24)25/h4-7,20H,3,8-17H2,1-2H3,(H2,26,27,28). The Hall–Kier alpha value is -1.84. The van der Waals surface area contributed by atoms with Gasteiger partial charge in [-0.3, -0.25) is 14.8 Å². The second kappa shape index (κ2) is 11.2. The molecule has 2 heterocycles. The van der Waals surface area contributed by atoms with E-state index in [0.29, 0.717) is 32.0 Å². The highest BCUT2D eigenvalue weighted by Gasteiger charge is 2.34. The van der Waals surface area contributed by atoms with Crippen molar-refractivity contribution in [2.45, 2.75) is 38.7 Å². The molecule has 3 rings (SSSR count). The summed E-state index contributed by atoms with van der Waals surface area (Å²) in [5.41, 5.74) is 2.46. The topological polar surface area (TPSA) is 46.1 Å². The predicted octanol–water partition coefficient (Wildman–Crippen LogP) is 2.13. The number of likely N-dealkylation sites (N-methyl/N-ethyl adjacent to an activating group) is 1. The van der Waals surface area contributed by atoms with E-state index >= 15 is 0 Å². The van der Waals surface area contributed by atoms with E-state index in [0.717, 1.165) is 44.8 Å². The molecule has 2 aliphatic rings. The van der Waals surface area contributed by atoms with Gasteiger partial charge in [0, 0.05) is 65.4 Å². The molecule has 1 aromatic rings. The van der Waals surface area contributed by atoms with Crippen LogP contribution in [0, 0.1) is 0 Å². The Morgan fingerprint density at radius 3 is 2.26 bits per heavy atom. The van der Waals surface area contributed by atoms with Crippen LogP contribution < -0.4 is 10.6 Å². The molecule has 2 aliphatic heterocycles. The second-order valence-electron chi connectivity index (χ2n) is 8.43. The molecule has 1 atom stereocenters. The van der Waals surface area contributed by atoms with Gasteiger partial charge in [-0.2, -0.15) is 13.2 Å². The monoisotopic (exact) mass is 440 g/mol. The van der Waals surface area contributed by atoms with Gasteiger partial charge in [-0.15, -0.1) is 0 Å². The molecule has 6 nitrogen and oxygen atoms in total. The van der Waals surface area contributed by atoms with Crippen molar-refractivity contribution in [2.24, 2.45) is 4.99 Å². The smallest absolute Gasteiger partial charge is 0.352 e. The minimum Gasteiger partial charge on any atom is -0.352 e. The van der Waals surface area contributed by atoms with Crippen molar-refractivity contribution in [3.8, 4) is 0 Å². The fraction of sp³-hybridized carbons (Fsp3) is 0.682. The van der Waals surface area contributed by atoms with Gasteiger partial charge in [-0.25, -0.2) is 0 Å². The van der Waals surface area contributed by atoms with Crippen LogP contribution >= 0.6 is 0 Å². The zero-order valence-corrected chi connectivity index (χ0v) is 18.6. The van der Waals surface area contributed by atoms with Gasteiger partial charge < -0.3 is 15.5 Å². The van der Waals surface area contributed by atoms with Crippen LogP contribution in [0.15, 0.2) is 29.3 Å². The number of hydrogen-bond donors (Lipinski definition) is 2. The number of piperazine rings is 1. The largest absolute Gasteiger partial charge is 0.401 e. The molecule has 2 fully saturated rings. The average Bonchev–Trinajstić information content (AvgIpc) is 3.17. The summed E-state index contributed by atoms with van der Waals surface area (Å²) in [6, 6.07) is 8.57. The zero-order chi connectivity index (χ0) is 22.3. The lowest BCUT2D eigenvalue weighted by Gasteiger charge is -2.34. The maximum absolute atomic E-state index is 12.6. The predicted molar refractivity (Wildman–Crippen MR) is 118 cm³/mol. The van der Waals surface area contributed by atoms with E-state index in [1.54, 1.807) is 7.05 Å². The minimum atomic E-state index is -4.15. The van der Waals surface area contributed by atoms with Crippen LogP contribution in [0.3, 0.4) is 0 Å². The van der Waals surface area contributed by atoms with Crippen molar-refractivity contribution in [2.75, 3.05) is 59.4 Å². The summed E-state index contributed by atoms with van der Waals surface area (Å²) in [6.07, 6.45) is -3.47. The molecule has 0 bridgehead atoms. The summed E-state index contributed by atoms with van der Waals surface area (Å²) in [7, 11) is 1.68. The van der Waals surface area contributed by atoms with Gasteiger partial charge in [-0.05, 0) is 24.1 Å². The van der Waals surface area contributed by atoms with Crippen LogP contribution in [0.1, 0.15) is 24.5 Å². The molecule has 2 N–H and O–H groups in total. The molecule has 0 aromatic heterocycles. The molecule has 1 unspecified atom stereocenters. The van der Waals surface area contributed by atoms with Gasteiger partial charge in [0.2, 0.25) is 0 Å². The van der Waals surface area contributed by atoms with Gasteiger partial charge in [0.1, 0.15) is 0 Å². The van der Waals surface area contributed by atoms with Crippen molar-refractivity contribution in [1.82, 2.24) is 25.3 Å². The summed E-state index contributed by atoms with van der Waals surface area (Å²) in [5.74, 6) is 0.622. The lowest BCUT2D eigenvalue weighted by molar-refractivity contribution is -0.143. The Morgan fingerprint density at radius 1 is 1.00 bits per heavy atom. The van der Waals surface area contributed by atoms with Gasteiger partial charge in [-0.1, -0.05) is 31.2 Å². The number of nitrogens with zero attached hydrogens (tertiary/aromatic N) is 4. The number of likely N-dealkylation sites (tertiary alicyclic amines) is 1. The van der Waals surface area contributed by atoms with Crippen LogP contribution in [0.5, 0.6) is 0 Å². The van der Waals surface area contributed by atoms with Crippen molar-refractivity contribution in [1.29, 1.82) is 0 Å². The van der Waals surface area contributed by atoms with Crippen molar-refractivity contribution < 1.29 is 13.2 Å². The summed E-state index contributed by atoms with van der Waals surface area (Å²) in [5, 5.41) is 6.51. The third-order valence-corrected chi connectivity index (χ3v) is 6.04. The molecule has 0 saturated carbocycles. The number of hydrogen-bond acceptors (Lipinski definition) is 4. The van der Waals surface area contributed by atoms with E-state index in [9.17, 15) is 13.2 Å². The molecule has 31 heavy (non-hydrogen) atoms. The highest BCUT2D eigenvalue weighted by atomic mass is 19.4. The second-order valence-corrected chi connectivity index (χ2v) is 8.43. The van der Waals surface area contributed by atoms with E-state index in [1.165, 1.54) is 10.5 Å². The van der Waals surface area contributed by atoms with Gasteiger partial charge >= 0.3 is 6.18 Å². The number of halogens is 3. The van der Waals surface area contributed by atoms with Crippen molar-refractivity contribution >= 4 is 5.96 Å². The number of rotatable bonds is 7. The lowest BCUT2D eigenvalue weighted by Crippen LogP contribution is -2.45. The Labute approximate surface area is 183 Å². The Morgan fingerprint density at radius 2 is 1.65 bits per heavy atom. The number of alkyl halides is 3. The lowest BCUT2D eigenvalue weighted by atomic mass is 10.1. The van der Waals surface area contributed by atoms with E-state index in [2.05, 4.69) is 56.6 Å². The van der Waals surface area contributed by atoms with E-state index in [-0.39, 0.29) is 6.04 Å². The van der Waals surface area contributed by atoms with E-state index < -0.39 is 12.7 Å². The highest BCUT2D eigenvalue weighted by Crippen LogP contribution is 2.20. The minimum absolute atomic E-state index is 0.0240. The maximum atomic E-state index is 12.6. The first-order chi connectivity index (χ1) is 14.8. The number of aliphatic imine (C=N–C) groups is 1. The quantitative estimate of drug-likeness (QED) is 0.503. The number of benzene rings is 1. The molecule has 0 amide bonds. The van der Waals surface area contributed by atoms with E-state index in [1.807, 2.05) is 0 Å². The molecule has 2 saturated heterocycles. The first-order valence-electron chi connectivity index (χ1n) is 11.1. The molecule has 0 aliphatic carbocycles. The maximum Gasteiger partial charge on any atom is 0.401 e. The summed E-state index contributed by atoms with van der Waals surface area (Å²) in [4.78, 5) is 10.6. The SMILES string of the molecule is CCN1CCN(Cc2ccc(CNC(=NC)NC3CCN(CC(F)(F)F)C3)cc2)CC1. The van der Waals surface area contributed by atoms with E-state index in [4.69, 9.17) is 0 Å². The Balaban J connectivity index is 1.40. The third kappa shape index (κ3) is 7.97. The molecule has 0 radical (unpaired) electrons. The normalized spacial score (nSPS) is 22.1. The number of nitrogens with one attached hydrogen (secondary N) is 2. The fourth-order valence-corrected chi connectivity index (χ4v) is 4.21. The van der Waals surface area contributed by atoms with Crippen LogP contribution in [0.25, 0.3) is 0 Å². The van der Waals surface area contributed by atoms with Gasteiger partial charge in [0.15, 0.2) is 5.96 Å². The summed E-state index contributed by atoms with van der Waals surface area (Å²) in [6.45, 7) is 9.41. The molecule has 174 valence electrons.